The Morgan fingerprint density at radius 2 is 1.76 bits per heavy atom. The van der Waals surface area contributed by atoms with Crippen LogP contribution in [-0.2, 0) is 17.6 Å². The van der Waals surface area contributed by atoms with Gasteiger partial charge < -0.3 is 4.90 Å². The molecule has 29 heavy (non-hydrogen) atoms. The molecular weight excluding hydrogens is 370 g/mol. The third-order valence-electron chi connectivity index (χ3n) is 5.29. The van der Waals surface area contributed by atoms with Gasteiger partial charge in [0.2, 0.25) is 5.91 Å². The first kappa shape index (κ1) is 19.2. The van der Waals surface area contributed by atoms with Gasteiger partial charge in [-0.1, -0.05) is 30.3 Å². The fourth-order valence-corrected chi connectivity index (χ4v) is 3.89. The summed E-state index contributed by atoms with van der Waals surface area (Å²) in [5.74, 6) is -0.539. The largest absolute Gasteiger partial charge is 0.334 e. The summed E-state index contributed by atoms with van der Waals surface area (Å²) in [6.45, 7) is 0.695. The Labute approximate surface area is 169 Å². The van der Waals surface area contributed by atoms with E-state index in [2.05, 4.69) is 0 Å². The number of aromatic nitrogens is 1. The van der Waals surface area contributed by atoms with Crippen molar-refractivity contribution in [3.05, 3.63) is 101 Å². The number of carbonyl (C=O) groups excluding carboxylic acids is 1. The quantitative estimate of drug-likeness (QED) is 0.621. The molecule has 3 nitrogen and oxygen atoms in total. The Hall–Kier alpha value is -3.08. The van der Waals surface area contributed by atoms with Crippen molar-refractivity contribution in [2.75, 3.05) is 6.54 Å². The molecule has 3 aromatic rings. The number of benzene rings is 2. The topological polar surface area (TPSA) is 33.2 Å². The summed E-state index contributed by atoms with van der Waals surface area (Å²) in [5.41, 5.74) is 3.38. The van der Waals surface area contributed by atoms with Crippen molar-refractivity contribution in [3.8, 4) is 0 Å². The van der Waals surface area contributed by atoms with Crippen LogP contribution in [-0.4, -0.2) is 22.3 Å². The summed E-state index contributed by atoms with van der Waals surface area (Å²) >= 11 is 0. The van der Waals surface area contributed by atoms with Gasteiger partial charge in [-0.15, -0.1) is 0 Å². The van der Waals surface area contributed by atoms with E-state index in [1.807, 2.05) is 29.2 Å². The second-order valence-electron chi connectivity index (χ2n) is 7.41. The van der Waals surface area contributed by atoms with E-state index >= 15 is 0 Å². The minimum absolute atomic E-state index is 0.0245. The minimum Gasteiger partial charge on any atom is -0.334 e. The zero-order chi connectivity index (χ0) is 20.2. The van der Waals surface area contributed by atoms with E-state index < -0.39 is 0 Å². The molecule has 0 saturated carbocycles. The lowest BCUT2D eigenvalue weighted by molar-refractivity contribution is -0.131. The number of hydrogen-bond acceptors (Lipinski definition) is 2. The molecule has 1 amide bonds. The lowest BCUT2D eigenvalue weighted by Gasteiger charge is -2.25. The van der Waals surface area contributed by atoms with Gasteiger partial charge in [0.25, 0.3) is 0 Å². The number of amides is 1. The number of nitrogens with zero attached hydrogens (tertiary/aromatic N) is 2. The van der Waals surface area contributed by atoms with Crippen LogP contribution in [0.1, 0.15) is 41.4 Å². The van der Waals surface area contributed by atoms with Crippen molar-refractivity contribution >= 4 is 5.91 Å². The molecular formula is C24H22F2N2O. The molecule has 2 heterocycles. The second-order valence-corrected chi connectivity index (χ2v) is 7.41. The first-order valence-corrected chi connectivity index (χ1v) is 9.83. The second kappa shape index (κ2) is 8.52. The maximum Gasteiger partial charge on any atom is 0.227 e. The Bertz CT molecular complexity index is 1000. The molecule has 0 bridgehead atoms. The van der Waals surface area contributed by atoms with E-state index in [1.54, 1.807) is 18.2 Å². The smallest absolute Gasteiger partial charge is 0.227 e. The molecule has 0 unspecified atom stereocenters. The lowest BCUT2D eigenvalue weighted by Crippen LogP contribution is -2.32. The van der Waals surface area contributed by atoms with Crippen molar-refractivity contribution in [1.82, 2.24) is 9.88 Å². The Morgan fingerprint density at radius 3 is 2.55 bits per heavy atom. The third kappa shape index (κ3) is 4.67. The van der Waals surface area contributed by atoms with E-state index in [9.17, 15) is 13.6 Å². The van der Waals surface area contributed by atoms with Crippen LogP contribution in [0.3, 0.4) is 0 Å². The van der Waals surface area contributed by atoms with Gasteiger partial charge in [-0.2, -0.15) is 0 Å². The van der Waals surface area contributed by atoms with Gasteiger partial charge >= 0.3 is 0 Å². The highest BCUT2D eigenvalue weighted by Crippen LogP contribution is 2.31. The third-order valence-corrected chi connectivity index (χ3v) is 5.29. The molecule has 0 radical (unpaired) electrons. The van der Waals surface area contributed by atoms with Crippen molar-refractivity contribution in [2.24, 2.45) is 0 Å². The summed E-state index contributed by atoms with van der Waals surface area (Å²) in [6, 6.07) is 18.3. The monoisotopic (exact) mass is 392 g/mol. The van der Waals surface area contributed by atoms with Crippen LogP contribution in [0.5, 0.6) is 0 Å². The van der Waals surface area contributed by atoms with Crippen LogP contribution in [0.25, 0.3) is 0 Å². The molecule has 2 aromatic carbocycles. The van der Waals surface area contributed by atoms with E-state index in [1.165, 1.54) is 24.3 Å². The lowest BCUT2D eigenvalue weighted by atomic mass is 10.1. The SMILES string of the molecule is O=C(Cc1ccc(F)cc1)N1CCC[C@@H]1c1cccc(Cc2cccc(F)c2)n1. The average Bonchev–Trinajstić information content (AvgIpc) is 3.20. The Balaban J connectivity index is 1.49. The van der Waals surface area contributed by atoms with E-state index in [0.717, 1.165) is 35.4 Å². The van der Waals surface area contributed by atoms with Crippen molar-refractivity contribution in [2.45, 2.75) is 31.7 Å². The Kier molecular flexibility index (Phi) is 5.65. The molecule has 1 aromatic heterocycles. The first-order valence-electron chi connectivity index (χ1n) is 9.83. The van der Waals surface area contributed by atoms with Crippen LogP contribution in [0.4, 0.5) is 8.78 Å². The van der Waals surface area contributed by atoms with E-state index in [0.29, 0.717) is 13.0 Å². The number of carbonyl (C=O) groups is 1. The number of rotatable bonds is 5. The van der Waals surface area contributed by atoms with Crippen LogP contribution in [0, 0.1) is 11.6 Å². The normalized spacial score (nSPS) is 16.2. The first-order chi connectivity index (χ1) is 14.1. The minimum atomic E-state index is -0.306. The zero-order valence-corrected chi connectivity index (χ0v) is 16.0. The summed E-state index contributed by atoms with van der Waals surface area (Å²) in [7, 11) is 0. The van der Waals surface area contributed by atoms with Gasteiger partial charge in [0, 0.05) is 18.7 Å². The van der Waals surface area contributed by atoms with Crippen molar-refractivity contribution < 1.29 is 13.6 Å². The van der Waals surface area contributed by atoms with Crippen LogP contribution < -0.4 is 0 Å². The van der Waals surface area contributed by atoms with Gasteiger partial charge in [-0.3, -0.25) is 9.78 Å². The maximum absolute atomic E-state index is 13.5. The zero-order valence-electron chi connectivity index (χ0n) is 16.0. The molecule has 5 heteroatoms. The molecule has 1 aliphatic rings. The van der Waals surface area contributed by atoms with Gasteiger partial charge in [0.05, 0.1) is 18.2 Å². The van der Waals surface area contributed by atoms with E-state index in [4.69, 9.17) is 4.98 Å². The molecule has 0 N–H and O–H groups in total. The molecule has 1 atom stereocenters. The summed E-state index contributed by atoms with van der Waals surface area (Å²) < 4.78 is 26.6. The van der Waals surface area contributed by atoms with Crippen molar-refractivity contribution in [3.63, 3.8) is 0 Å². The summed E-state index contributed by atoms with van der Waals surface area (Å²) in [4.78, 5) is 19.5. The highest BCUT2D eigenvalue weighted by Gasteiger charge is 2.30. The van der Waals surface area contributed by atoms with Gasteiger partial charge in [-0.05, 0) is 60.4 Å². The molecule has 0 spiro atoms. The number of pyridine rings is 1. The molecule has 1 aliphatic heterocycles. The van der Waals surface area contributed by atoms with Gasteiger partial charge in [0.1, 0.15) is 11.6 Å². The average molecular weight is 392 g/mol. The molecule has 148 valence electrons. The molecule has 1 saturated heterocycles. The van der Waals surface area contributed by atoms with Crippen LogP contribution in [0.15, 0.2) is 66.7 Å². The van der Waals surface area contributed by atoms with Crippen LogP contribution >= 0.6 is 0 Å². The van der Waals surface area contributed by atoms with Gasteiger partial charge in [0.15, 0.2) is 0 Å². The van der Waals surface area contributed by atoms with E-state index in [-0.39, 0.29) is 30.0 Å². The summed E-state index contributed by atoms with van der Waals surface area (Å²) in [6.07, 6.45) is 2.59. The predicted molar refractivity (Wildman–Crippen MR) is 107 cm³/mol. The standard InChI is InChI=1S/C24H22F2N2O/c25-19-11-9-17(10-12-19)16-24(29)28-13-3-8-23(28)22-7-2-6-21(27-22)15-18-4-1-5-20(26)14-18/h1-2,4-7,9-12,14,23H,3,8,13,15-16H2/t23-/m1/s1. The van der Waals surface area contributed by atoms with Gasteiger partial charge in [-0.25, -0.2) is 8.78 Å². The molecule has 1 fully saturated rings. The molecule has 4 rings (SSSR count). The number of likely N-dealkylation sites (tertiary alicyclic amines) is 1. The summed E-state index contributed by atoms with van der Waals surface area (Å²) in [5, 5.41) is 0. The van der Waals surface area contributed by atoms with Crippen LogP contribution in [0.2, 0.25) is 0 Å². The number of hydrogen-bond donors (Lipinski definition) is 0. The van der Waals surface area contributed by atoms with Crippen molar-refractivity contribution in [1.29, 1.82) is 0 Å². The highest BCUT2D eigenvalue weighted by molar-refractivity contribution is 5.79. The Morgan fingerprint density at radius 1 is 0.966 bits per heavy atom. The fraction of sp³-hybridized carbons (Fsp3) is 0.250. The highest BCUT2D eigenvalue weighted by atomic mass is 19.1. The number of halogens is 2. The fourth-order valence-electron chi connectivity index (χ4n) is 3.89. The predicted octanol–water partition coefficient (Wildman–Crippen LogP) is 4.86. The molecule has 0 aliphatic carbocycles. The maximum atomic E-state index is 13.5.